The molecule has 0 saturated heterocycles. The lowest BCUT2D eigenvalue weighted by Crippen LogP contribution is -2.39. The van der Waals surface area contributed by atoms with E-state index >= 15 is 0 Å². The van der Waals surface area contributed by atoms with E-state index in [0.717, 1.165) is 6.07 Å². The highest BCUT2D eigenvalue weighted by atomic mass is 35.5. The fraction of sp³-hybridized carbons (Fsp3) is 0.364. The zero-order chi connectivity index (χ0) is 14.4. The number of nitrogen functional groups attached to an aromatic ring is 1. The molecule has 0 heterocycles. The number of rotatable bonds is 3. The van der Waals surface area contributed by atoms with Crippen LogP contribution in [-0.2, 0) is 0 Å². The van der Waals surface area contributed by atoms with Crippen molar-refractivity contribution in [2.75, 3.05) is 11.1 Å². The first-order valence-corrected chi connectivity index (χ1v) is 5.71. The van der Waals surface area contributed by atoms with E-state index in [4.69, 9.17) is 22.4 Å². The van der Waals surface area contributed by atoms with Gasteiger partial charge in [0.1, 0.15) is 5.54 Å². The van der Waals surface area contributed by atoms with Crippen molar-refractivity contribution in [2.24, 2.45) is 0 Å². The fourth-order valence-corrected chi connectivity index (χ4v) is 2.04. The van der Waals surface area contributed by atoms with E-state index in [1.807, 2.05) is 0 Å². The molecule has 1 saturated carbocycles. The number of aromatic carboxylic acids is 1. The molecule has 1 aliphatic carbocycles. The predicted molar refractivity (Wildman–Crippen MR) is 64.5 cm³/mol. The molecule has 0 bridgehead atoms. The van der Waals surface area contributed by atoms with E-state index in [2.05, 4.69) is 5.32 Å². The molecule has 1 aromatic rings. The molecule has 1 fully saturated rings. The van der Waals surface area contributed by atoms with E-state index in [0.29, 0.717) is 0 Å². The van der Waals surface area contributed by atoms with Gasteiger partial charge in [0.2, 0.25) is 0 Å². The monoisotopic (exact) mass is 294 g/mol. The Balaban J connectivity index is 2.44. The number of carbonyl (C=O) groups is 1. The minimum Gasteiger partial charge on any atom is -0.478 e. The lowest BCUT2D eigenvalue weighted by atomic mass is 10.1. The van der Waals surface area contributed by atoms with Crippen molar-refractivity contribution in [2.45, 2.75) is 24.6 Å². The van der Waals surface area contributed by atoms with Gasteiger partial charge in [-0.1, -0.05) is 11.6 Å². The highest BCUT2D eigenvalue weighted by Crippen LogP contribution is 2.52. The van der Waals surface area contributed by atoms with Gasteiger partial charge in [0.05, 0.1) is 16.3 Å². The maximum absolute atomic E-state index is 12.8. The Kier molecular flexibility index (Phi) is 3.04. The van der Waals surface area contributed by atoms with Crippen molar-refractivity contribution >= 4 is 28.9 Å². The minimum absolute atomic E-state index is 0.0739. The highest BCUT2D eigenvalue weighted by molar-refractivity contribution is 6.34. The third-order valence-corrected chi connectivity index (χ3v) is 3.30. The van der Waals surface area contributed by atoms with E-state index in [9.17, 15) is 18.0 Å². The van der Waals surface area contributed by atoms with Gasteiger partial charge in [-0.05, 0) is 25.0 Å². The SMILES string of the molecule is Nc1cc(Cl)c(NC2(C(F)(F)F)CC2)c(C(=O)O)c1. The number of hydrogen-bond donors (Lipinski definition) is 3. The average molecular weight is 295 g/mol. The summed E-state index contributed by atoms with van der Waals surface area (Å²) in [4.78, 5) is 11.0. The molecule has 19 heavy (non-hydrogen) atoms. The quantitative estimate of drug-likeness (QED) is 0.749. The molecule has 0 aliphatic heterocycles. The summed E-state index contributed by atoms with van der Waals surface area (Å²) in [5, 5.41) is 11.1. The summed E-state index contributed by atoms with van der Waals surface area (Å²) in [6.07, 6.45) is -4.69. The van der Waals surface area contributed by atoms with Crippen LogP contribution in [0.15, 0.2) is 12.1 Å². The van der Waals surface area contributed by atoms with Gasteiger partial charge in [0.25, 0.3) is 0 Å². The Bertz CT molecular complexity index is 541. The smallest absolute Gasteiger partial charge is 0.411 e. The molecule has 0 unspecified atom stereocenters. The standard InChI is InChI=1S/C11H10ClF3N2O2/c12-7-4-5(16)3-6(9(18)19)8(7)17-10(1-2-10)11(13,14)15/h3-4,17H,1-2,16H2,(H,18,19). The summed E-state index contributed by atoms with van der Waals surface area (Å²) >= 11 is 5.79. The Morgan fingerprint density at radius 1 is 1.42 bits per heavy atom. The number of nitrogens with one attached hydrogen (secondary N) is 1. The summed E-state index contributed by atoms with van der Waals surface area (Å²) < 4.78 is 38.5. The van der Waals surface area contributed by atoms with Crippen molar-refractivity contribution in [1.82, 2.24) is 0 Å². The molecule has 104 valence electrons. The van der Waals surface area contributed by atoms with Crippen LogP contribution in [0.25, 0.3) is 0 Å². The van der Waals surface area contributed by atoms with Crippen LogP contribution in [0.5, 0.6) is 0 Å². The Labute approximate surface area is 111 Å². The number of nitrogens with two attached hydrogens (primary N) is 1. The normalized spacial score (nSPS) is 17.1. The minimum atomic E-state index is -4.46. The Morgan fingerprint density at radius 2 is 2.00 bits per heavy atom. The number of hydrogen-bond acceptors (Lipinski definition) is 3. The summed E-state index contributed by atoms with van der Waals surface area (Å²) in [5.41, 5.74) is 2.79. The summed E-state index contributed by atoms with van der Waals surface area (Å²) in [5.74, 6) is -1.39. The number of anilines is 2. The van der Waals surface area contributed by atoms with Crippen molar-refractivity contribution in [3.05, 3.63) is 22.7 Å². The van der Waals surface area contributed by atoms with Gasteiger partial charge in [-0.25, -0.2) is 4.79 Å². The lowest BCUT2D eigenvalue weighted by Gasteiger charge is -2.23. The molecule has 1 aliphatic rings. The zero-order valence-electron chi connectivity index (χ0n) is 9.51. The molecular formula is C11H10ClF3N2O2. The van der Waals surface area contributed by atoms with E-state index in [1.54, 1.807) is 0 Å². The third kappa shape index (κ3) is 2.42. The molecule has 0 spiro atoms. The highest BCUT2D eigenvalue weighted by Gasteiger charge is 2.63. The third-order valence-electron chi connectivity index (χ3n) is 3.00. The van der Waals surface area contributed by atoms with Crippen LogP contribution < -0.4 is 11.1 Å². The van der Waals surface area contributed by atoms with Crippen LogP contribution in [0.2, 0.25) is 5.02 Å². The topological polar surface area (TPSA) is 75.3 Å². The molecule has 0 amide bonds. The summed E-state index contributed by atoms with van der Waals surface area (Å²) in [7, 11) is 0. The number of benzene rings is 1. The van der Waals surface area contributed by atoms with Crippen LogP contribution >= 0.6 is 11.6 Å². The second-order valence-electron chi connectivity index (χ2n) is 4.44. The zero-order valence-corrected chi connectivity index (χ0v) is 10.3. The molecule has 0 aromatic heterocycles. The molecular weight excluding hydrogens is 285 g/mol. The first-order chi connectivity index (χ1) is 8.66. The second-order valence-corrected chi connectivity index (χ2v) is 4.84. The van der Waals surface area contributed by atoms with Crippen LogP contribution in [0.3, 0.4) is 0 Å². The van der Waals surface area contributed by atoms with Crippen LogP contribution in [-0.4, -0.2) is 22.8 Å². The van der Waals surface area contributed by atoms with Gasteiger partial charge < -0.3 is 16.2 Å². The number of carboxylic acid groups (broad SMARTS) is 1. The fourth-order valence-electron chi connectivity index (χ4n) is 1.77. The first-order valence-electron chi connectivity index (χ1n) is 5.33. The van der Waals surface area contributed by atoms with Gasteiger partial charge in [0, 0.05) is 5.69 Å². The maximum atomic E-state index is 12.8. The van der Waals surface area contributed by atoms with Crippen LogP contribution in [0.1, 0.15) is 23.2 Å². The van der Waals surface area contributed by atoms with Crippen LogP contribution in [0, 0.1) is 0 Å². The molecule has 1 aromatic carbocycles. The maximum Gasteiger partial charge on any atom is 0.411 e. The van der Waals surface area contributed by atoms with E-state index in [-0.39, 0.29) is 34.8 Å². The van der Waals surface area contributed by atoms with Gasteiger partial charge in [-0.3, -0.25) is 0 Å². The predicted octanol–water partition coefficient (Wildman–Crippen LogP) is 3.13. The van der Waals surface area contributed by atoms with Gasteiger partial charge >= 0.3 is 12.1 Å². The van der Waals surface area contributed by atoms with Crippen molar-refractivity contribution in [3.8, 4) is 0 Å². The molecule has 2 rings (SSSR count). The van der Waals surface area contributed by atoms with Crippen molar-refractivity contribution in [1.29, 1.82) is 0 Å². The average Bonchev–Trinajstić information content (AvgIpc) is 3.01. The molecule has 4 N–H and O–H groups in total. The summed E-state index contributed by atoms with van der Waals surface area (Å²) in [6, 6.07) is 2.28. The van der Waals surface area contributed by atoms with Crippen molar-refractivity contribution < 1.29 is 23.1 Å². The molecule has 8 heteroatoms. The van der Waals surface area contributed by atoms with E-state index in [1.165, 1.54) is 6.07 Å². The van der Waals surface area contributed by atoms with Gasteiger partial charge in [-0.2, -0.15) is 13.2 Å². The Morgan fingerprint density at radius 3 is 2.42 bits per heavy atom. The number of carboxylic acids is 1. The largest absolute Gasteiger partial charge is 0.478 e. The Hall–Kier alpha value is -1.63. The summed E-state index contributed by atoms with van der Waals surface area (Å²) in [6.45, 7) is 0. The van der Waals surface area contributed by atoms with Gasteiger partial charge in [-0.15, -0.1) is 0 Å². The van der Waals surface area contributed by atoms with Gasteiger partial charge in [0.15, 0.2) is 0 Å². The van der Waals surface area contributed by atoms with E-state index < -0.39 is 17.7 Å². The number of alkyl halides is 3. The molecule has 0 atom stereocenters. The number of halogens is 4. The van der Waals surface area contributed by atoms with Crippen LogP contribution in [0.4, 0.5) is 24.5 Å². The molecule has 0 radical (unpaired) electrons. The first kappa shape index (κ1) is 13.8. The molecule has 4 nitrogen and oxygen atoms in total. The lowest BCUT2D eigenvalue weighted by molar-refractivity contribution is -0.151. The second kappa shape index (κ2) is 4.19. The van der Waals surface area contributed by atoms with Crippen molar-refractivity contribution in [3.63, 3.8) is 0 Å².